The van der Waals surface area contributed by atoms with E-state index in [1.54, 1.807) is 23.1 Å². The minimum Gasteiger partial charge on any atom is -0.353 e. The predicted octanol–water partition coefficient (Wildman–Crippen LogP) is 2.89. The van der Waals surface area contributed by atoms with Gasteiger partial charge in [0.15, 0.2) is 0 Å². The van der Waals surface area contributed by atoms with Gasteiger partial charge in [0.25, 0.3) is 5.91 Å². The van der Waals surface area contributed by atoms with Gasteiger partial charge in [0.05, 0.1) is 0 Å². The van der Waals surface area contributed by atoms with Crippen LogP contribution in [0.25, 0.3) is 0 Å². The lowest BCUT2D eigenvalue weighted by atomic mass is 10.1. The molecule has 0 aliphatic carbocycles. The number of nitrogens with one attached hydrogen (secondary N) is 2. The van der Waals surface area contributed by atoms with Crippen LogP contribution in [0.15, 0.2) is 18.2 Å². The van der Waals surface area contributed by atoms with Crippen LogP contribution in [0.2, 0.25) is 10.0 Å². The Balaban J connectivity index is 0.00000225. The van der Waals surface area contributed by atoms with Crippen molar-refractivity contribution < 1.29 is 9.59 Å². The number of carbonyl (C=O) groups excluding carboxylic acids is 2. The number of hydrogen-bond acceptors (Lipinski definition) is 3. The first kappa shape index (κ1) is 20.3. The van der Waals surface area contributed by atoms with Crippen molar-refractivity contribution in [1.29, 1.82) is 0 Å². The molecule has 2 unspecified atom stereocenters. The summed E-state index contributed by atoms with van der Waals surface area (Å²) in [6.45, 7) is 2.19. The zero-order valence-corrected chi connectivity index (χ0v) is 16.1. The minimum atomic E-state index is -0.420. The fourth-order valence-corrected chi connectivity index (χ4v) is 3.92. The van der Waals surface area contributed by atoms with Gasteiger partial charge >= 0.3 is 0 Å². The number of carbonyl (C=O) groups is 2. The lowest BCUT2D eigenvalue weighted by molar-refractivity contribution is -0.124. The van der Waals surface area contributed by atoms with Gasteiger partial charge in [-0.25, -0.2) is 0 Å². The highest BCUT2D eigenvalue weighted by Gasteiger charge is 2.34. The molecule has 2 saturated heterocycles. The summed E-state index contributed by atoms with van der Waals surface area (Å²) >= 11 is 12.0. The van der Waals surface area contributed by atoms with Gasteiger partial charge in [0.1, 0.15) is 6.04 Å². The van der Waals surface area contributed by atoms with Crippen LogP contribution in [0.3, 0.4) is 0 Å². The van der Waals surface area contributed by atoms with Crippen LogP contribution < -0.4 is 10.6 Å². The van der Waals surface area contributed by atoms with E-state index in [0.29, 0.717) is 41.2 Å². The maximum atomic E-state index is 12.7. The molecule has 8 heteroatoms. The van der Waals surface area contributed by atoms with Crippen molar-refractivity contribution in [1.82, 2.24) is 15.5 Å². The molecule has 5 nitrogen and oxygen atoms in total. The molecule has 0 aromatic heterocycles. The number of amides is 2. The molecule has 2 fully saturated rings. The Kier molecular flexibility index (Phi) is 7.37. The van der Waals surface area contributed by atoms with E-state index in [-0.39, 0.29) is 24.2 Å². The van der Waals surface area contributed by atoms with Crippen molar-refractivity contribution in [2.24, 2.45) is 0 Å². The summed E-state index contributed by atoms with van der Waals surface area (Å²) in [5.41, 5.74) is 0.421. The van der Waals surface area contributed by atoms with Gasteiger partial charge in [-0.1, -0.05) is 23.2 Å². The van der Waals surface area contributed by atoms with E-state index in [2.05, 4.69) is 10.6 Å². The Morgan fingerprint density at radius 3 is 2.52 bits per heavy atom. The van der Waals surface area contributed by atoms with Crippen LogP contribution in [-0.4, -0.2) is 48.4 Å². The van der Waals surface area contributed by atoms with E-state index in [9.17, 15) is 9.59 Å². The molecule has 2 aliphatic heterocycles. The molecule has 1 aromatic rings. The van der Waals surface area contributed by atoms with Crippen molar-refractivity contribution >= 4 is 47.4 Å². The van der Waals surface area contributed by atoms with Gasteiger partial charge in [-0.3, -0.25) is 9.59 Å². The highest BCUT2D eigenvalue weighted by molar-refractivity contribution is 6.35. The van der Waals surface area contributed by atoms with E-state index in [1.165, 1.54) is 0 Å². The van der Waals surface area contributed by atoms with Gasteiger partial charge in [0, 0.05) is 34.7 Å². The number of benzene rings is 1. The molecular weight excluding hydrogens is 385 g/mol. The molecule has 0 spiro atoms. The summed E-state index contributed by atoms with van der Waals surface area (Å²) in [6, 6.07) is 4.68. The normalized spacial score (nSPS) is 22.6. The largest absolute Gasteiger partial charge is 0.353 e. The van der Waals surface area contributed by atoms with E-state index < -0.39 is 6.04 Å². The van der Waals surface area contributed by atoms with Crippen LogP contribution in [0.1, 0.15) is 36.0 Å². The van der Waals surface area contributed by atoms with Crippen LogP contribution in [-0.2, 0) is 4.79 Å². The lowest BCUT2D eigenvalue weighted by Gasteiger charge is -2.25. The molecular formula is C17H22Cl3N3O2. The topological polar surface area (TPSA) is 61.4 Å². The summed E-state index contributed by atoms with van der Waals surface area (Å²) < 4.78 is 0. The van der Waals surface area contributed by atoms with Gasteiger partial charge in [-0.15, -0.1) is 12.4 Å². The van der Waals surface area contributed by atoms with E-state index in [4.69, 9.17) is 23.2 Å². The maximum Gasteiger partial charge on any atom is 0.254 e. The second-order valence-corrected chi connectivity index (χ2v) is 7.23. The highest BCUT2D eigenvalue weighted by atomic mass is 35.5. The molecule has 2 heterocycles. The van der Waals surface area contributed by atoms with Crippen LogP contribution in [0.5, 0.6) is 0 Å². The van der Waals surface area contributed by atoms with Crippen molar-refractivity contribution in [3.63, 3.8) is 0 Å². The predicted molar refractivity (Wildman–Crippen MR) is 102 cm³/mol. The minimum absolute atomic E-state index is 0. The summed E-state index contributed by atoms with van der Waals surface area (Å²) in [4.78, 5) is 26.9. The number of rotatable bonds is 4. The fraction of sp³-hybridized carbons (Fsp3) is 0.529. The molecule has 0 saturated carbocycles. The van der Waals surface area contributed by atoms with Gasteiger partial charge in [-0.05, 0) is 50.4 Å². The highest BCUT2D eigenvalue weighted by Crippen LogP contribution is 2.24. The number of halogens is 3. The maximum absolute atomic E-state index is 12.7. The molecule has 2 amide bonds. The van der Waals surface area contributed by atoms with Gasteiger partial charge < -0.3 is 15.5 Å². The molecule has 2 N–H and O–H groups in total. The quantitative estimate of drug-likeness (QED) is 0.808. The summed E-state index contributed by atoms with van der Waals surface area (Å²) in [5.74, 6) is -0.279. The summed E-state index contributed by atoms with van der Waals surface area (Å²) in [6.07, 6.45) is 3.72. The Bertz CT molecular complexity index is 615. The van der Waals surface area contributed by atoms with Crippen molar-refractivity contribution in [2.45, 2.75) is 37.8 Å². The third-order valence-electron chi connectivity index (χ3n) is 4.61. The summed E-state index contributed by atoms with van der Waals surface area (Å²) in [7, 11) is 0. The van der Waals surface area contributed by atoms with Gasteiger partial charge in [0.2, 0.25) is 5.91 Å². The lowest BCUT2D eigenvalue weighted by Crippen LogP contribution is -2.48. The third kappa shape index (κ3) is 5.00. The average molecular weight is 407 g/mol. The molecule has 1 aromatic carbocycles. The Labute approximate surface area is 163 Å². The second kappa shape index (κ2) is 9.08. The first-order valence-corrected chi connectivity index (χ1v) is 9.08. The van der Waals surface area contributed by atoms with Crippen LogP contribution in [0.4, 0.5) is 0 Å². The number of hydrogen-bond donors (Lipinski definition) is 2. The number of likely N-dealkylation sites (tertiary alicyclic amines) is 1. The average Bonchev–Trinajstić information content (AvgIpc) is 3.22. The SMILES string of the molecule is Cl.O=C(NCC1CCCN1)C1CCCN1C(=O)c1cc(Cl)cc(Cl)c1. The first-order valence-electron chi connectivity index (χ1n) is 8.33. The van der Waals surface area contributed by atoms with E-state index in [0.717, 1.165) is 25.8 Å². The Morgan fingerprint density at radius 1 is 1.16 bits per heavy atom. The smallest absolute Gasteiger partial charge is 0.254 e. The molecule has 2 aliphatic rings. The molecule has 0 radical (unpaired) electrons. The molecule has 138 valence electrons. The zero-order chi connectivity index (χ0) is 17.1. The molecule has 25 heavy (non-hydrogen) atoms. The van der Waals surface area contributed by atoms with Crippen molar-refractivity contribution in [3.8, 4) is 0 Å². The third-order valence-corrected chi connectivity index (χ3v) is 5.05. The van der Waals surface area contributed by atoms with Crippen molar-refractivity contribution in [3.05, 3.63) is 33.8 Å². The summed E-state index contributed by atoms with van der Waals surface area (Å²) in [5, 5.41) is 7.16. The monoisotopic (exact) mass is 405 g/mol. The van der Waals surface area contributed by atoms with Crippen molar-refractivity contribution in [2.75, 3.05) is 19.6 Å². The first-order chi connectivity index (χ1) is 11.5. The van der Waals surface area contributed by atoms with E-state index >= 15 is 0 Å². The van der Waals surface area contributed by atoms with E-state index in [1.807, 2.05) is 0 Å². The second-order valence-electron chi connectivity index (χ2n) is 6.35. The Morgan fingerprint density at radius 2 is 1.88 bits per heavy atom. The van der Waals surface area contributed by atoms with Crippen LogP contribution >= 0.6 is 35.6 Å². The fourth-order valence-electron chi connectivity index (χ4n) is 3.40. The standard InChI is InChI=1S/C17H21Cl2N3O2.ClH/c18-12-7-11(8-13(19)9-12)17(24)22-6-2-4-15(22)16(23)21-10-14-3-1-5-20-14;/h7-9,14-15,20H,1-6,10H2,(H,21,23);1H. The zero-order valence-electron chi connectivity index (χ0n) is 13.8. The Hall–Kier alpha value is -1.01. The number of nitrogens with zero attached hydrogens (tertiary/aromatic N) is 1. The van der Waals surface area contributed by atoms with Crippen LogP contribution in [0, 0.1) is 0 Å². The van der Waals surface area contributed by atoms with Gasteiger partial charge in [-0.2, -0.15) is 0 Å². The molecule has 3 rings (SSSR count). The molecule has 2 atom stereocenters. The molecule has 0 bridgehead atoms.